The summed E-state index contributed by atoms with van der Waals surface area (Å²) < 4.78 is 6.78. The molecule has 0 aliphatic carbocycles. The van der Waals surface area contributed by atoms with Crippen LogP contribution in [-0.2, 0) is 6.54 Å². The molecule has 0 aliphatic rings. The van der Waals surface area contributed by atoms with Crippen molar-refractivity contribution in [1.82, 2.24) is 20.1 Å². The number of methoxy groups -OCH3 is 1. The van der Waals surface area contributed by atoms with Gasteiger partial charge in [0, 0.05) is 12.1 Å². The summed E-state index contributed by atoms with van der Waals surface area (Å²) in [6.07, 6.45) is 3.04. The van der Waals surface area contributed by atoms with Crippen LogP contribution in [0.2, 0.25) is 0 Å². The Morgan fingerprint density at radius 3 is 2.87 bits per heavy atom. The normalized spacial score (nSPS) is 10.3. The lowest BCUT2D eigenvalue weighted by Gasteiger charge is -2.08. The molecule has 0 saturated heterocycles. The number of rotatable bonds is 5. The van der Waals surface area contributed by atoms with E-state index in [9.17, 15) is 4.79 Å². The quantitative estimate of drug-likeness (QED) is 0.784. The molecule has 0 spiro atoms. The van der Waals surface area contributed by atoms with E-state index >= 15 is 0 Å². The van der Waals surface area contributed by atoms with Crippen LogP contribution in [0.1, 0.15) is 15.9 Å². The van der Waals surface area contributed by atoms with E-state index in [4.69, 9.17) is 4.74 Å². The molecule has 0 aliphatic heterocycles. The molecule has 0 saturated carbocycles. The molecule has 23 heavy (non-hydrogen) atoms. The van der Waals surface area contributed by atoms with E-state index in [2.05, 4.69) is 15.4 Å². The first kappa shape index (κ1) is 14.8. The van der Waals surface area contributed by atoms with Crippen molar-refractivity contribution in [1.29, 1.82) is 0 Å². The summed E-state index contributed by atoms with van der Waals surface area (Å²) in [4.78, 5) is 16.2. The van der Waals surface area contributed by atoms with Gasteiger partial charge in [-0.05, 0) is 35.9 Å². The Bertz CT molecular complexity index is 800. The maximum absolute atomic E-state index is 12.3. The van der Waals surface area contributed by atoms with Gasteiger partial charge in [-0.2, -0.15) is 5.10 Å². The molecular formula is C17H16N4O2. The third-order valence-electron chi connectivity index (χ3n) is 3.38. The van der Waals surface area contributed by atoms with Crippen molar-refractivity contribution >= 4 is 5.91 Å². The Kier molecular flexibility index (Phi) is 4.33. The van der Waals surface area contributed by atoms with Gasteiger partial charge in [0.2, 0.25) is 0 Å². The molecule has 0 bridgehead atoms. The second kappa shape index (κ2) is 6.74. The largest absolute Gasteiger partial charge is 0.497 e. The van der Waals surface area contributed by atoms with Gasteiger partial charge < -0.3 is 10.1 Å². The van der Waals surface area contributed by atoms with Gasteiger partial charge in [-0.3, -0.25) is 4.79 Å². The third-order valence-corrected chi connectivity index (χ3v) is 3.38. The van der Waals surface area contributed by atoms with Crippen LogP contribution >= 0.6 is 0 Å². The summed E-state index contributed by atoms with van der Waals surface area (Å²) in [5.41, 5.74) is 2.34. The average Bonchev–Trinajstić information content (AvgIpc) is 3.14. The van der Waals surface area contributed by atoms with Crippen LogP contribution in [0.3, 0.4) is 0 Å². The first-order valence-corrected chi connectivity index (χ1v) is 7.12. The number of nitrogens with zero attached hydrogens (tertiary/aromatic N) is 3. The van der Waals surface area contributed by atoms with Crippen LogP contribution in [0.4, 0.5) is 0 Å². The van der Waals surface area contributed by atoms with Crippen LogP contribution in [0.25, 0.3) is 5.69 Å². The molecule has 1 aromatic heterocycles. The zero-order valence-electron chi connectivity index (χ0n) is 12.6. The molecular weight excluding hydrogens is 292 g/mol. The minimum atomic E-state index is -0.144. The summed E-state index contributed by atoms with van der Waals surface area (Å²) in [6, 6.07) is 14.8. The van der Waals surface area contributed by atoms with Crippen LogP contribution in [0.15, 0.2) is 61.2 Å². The Balaban J connectivity index is 1.70. The van der Waals surface area contributed by atoms with Gasteiger partial charge in [0.15, 0.2) is 0 Å². The number of amides is 1. The number of benzene rings is 2. The van der Waals surface area contributed by atoms with Gasteiger partial charge in [0.1, 0.15) is 18.4 Å². The number of carbonyl (C=O) groups excluding carboxylic acids is 1. The van der Waals surface area contributed by atoms with E-state index < -0.39 is 0 Å². The van der Waals surface area contributed by atoms with Crippen molar-refractivity contribution in [3.05, 3.63) is 72.3 Å². The van der Waals surface area contributed by atoms with Crippen molar-refractivity contribution in [2.75, 3.05) is 7.11 Å². The molecule has 3 rings (SSSR count). The zero-order valence-corrected chi connectivity index (χ0v) is 12.6. The molecule has 0 radical (unpaired) electrons. The maximum atomic E-state index is 12.3. The number of hydrogen-bond donors (Lipinski definition) is 1. The highest BCUT2D eigenvalue weighted by Crippen LogP contribution is 2.13. The van der Waals surface area contributed by atoms with E-state index in [-0.39, 0.29) is 5.91 Å². The topological polar surface area (TPSA) is 69.0 Å². The molecule has 0 fully saturated rings. The fourth-order valence-electron chi connectivity index (χ4n) is 2.20. The van der Waals surface area contributed by atoms with Crippen molar-refractivity contribution in [2.45, 2.75) is 6.54 Å². The Labute approximate surface area is 133 Å². The lowest BCUT2D eigenvalue weighted by Crippen LogP contribution is -2.22. The summed E-state index contributed by atoms with van der Waals surface area (Å²) in [5, 5.41) is 6.96. The van der Waals surface area contributed by atoms with Crippen molar-refractivity contribution < 1.29 is 9.53 Å². The Morgan fingerprint density at radius 1 is 1.22 bits per heavy atom. The number of aromatic nitrogens is 3. The van der Waals surface area contributed by atoms with E-state index in [0.717, 1.165) is 17.0 Å². The molecule has 2 aromatic carbocycles. The molecule has 1 amide bonds. The number of carbonyl (C=O) groups is 1. The molecule has 6 heteroatoms. The van der Waals surface area contributed by atoms with E-state index in [1.165, 1.54) is 6.33 Å². The van der Waals surface area contributed by atoms with Crippen LogP contribution in [0.5, 0.6) is 5.75 Å². The van der Waals surface area contributed by atoms with E-state index in [0.29, 0.717) is 12.1 Å². The summed E-state index contributed by atoms with van der Waals surface area (Å²) in [5.74, 6) is 0.625. The highest BCUT2D eigenvalue weighted by atomic mass is 16.5. The highest BCUT2D eigenvalue weighted by molar-refractivity contribution is 5.94. The van der Waals surface area contributed by atoms with Crippen LogP contribution < -0.4 is 10.1 Å². The molecule has 0 unspecified atom stereocenters. The van der Waals surface area contributed by atoms with Gasteiger partial charge >= 0.3 is 0 Å². The predicted molar refractivity (Wildman–Crippen MR) is 85.5 cm³/mol. The molecule has 6 nitrogen and oxygen atoms in total. The maximum Gasteiger partial charge on any atom is 0.251 e. The molecule has 3 aromatic rings. The van der Waals surface area contributed by atoms with Gasteiger partial charge in [-0.15, -0.1) is 0 Å². The Morgan fingerprint density at radius 2 is 2.09 bits per heavy atom. The number of nitrogens with one attached hydrogen (secondary N) is 1. The van der Waals surface area contributed by atoms with Crippen molar-refractivity contribution in [3.63, 3.8) is 0 Å². The lowest BCUT2D eigenvalue weighted by molar-refractivity contribution is 0.0951. The minimum Gasteiger partial charge on any atom is -0.497 e. The molecule has 116 valence electrons. The Hall–Kier alpha value is -3.15. The molecule has 1 N–H and O–H groups in total. The van der Waals surface area contributed by atoms with Crippen molar-refractivity contribution in [2.24, 2.45) is 0 Å². The number of hydrogen-bond acceptors (Lipinski definition) is 4. The molecule has 1 heterocycles. The van der Waals surface area contributed by atoms with E-state index in [1.54, 1.807) is 30.3 Å². The minimum absolute atomic E-state index is 0.144. The molecule has 0 atom stereocenters. The van der Waals surface area contributed by atoms with Crippen LogP contribution in [-0.4, -0.2) is 27.8 Å². The smallest absolute Gasteiger partial charge is 0.251 e. The first-order chi connectivity index (χ1) is 11.3. The van der Waals surface area contributed by atoms with Crippen molar-refractivity contribution in [3.8, 4) is 11.4 Å². The number of ether oxygens (including phenoxy) is 1. The van der Waals surface area contributed by atoms with Gasteiger partial charge in [-0.1, -0.05) is 18.2 Å². The second-order valence-electron chi connectivity index (χ2n) is 4.92. The lowest BCUT2D eigenvalue weighted by atomic mass is 10.1. The zero-order chi connectivity index (χ0) is 16.1. The fraction of sp³-hybridized carbons (Fsp3) is 0.118. The monoisotopic (exact) mass is 308 g/mol. The second-order valence-corrected chi connectivity index (χ2v) is 4.92. The van der Waals surface area contributed by atoms with E-state index in [1.807, 2.05) is 36.4 Å². The van der Waals surface area contributed by atoms with Crippen LogP contribution in [0, 0.1) is 0 Å². The third kappa shape index (κ3) is 3.55. The standard InChI is InChI=1S/C17H16N4O2/c1-23-16-7-2-4-13(8-16)10-19-17(22)14-5-3-6-15(9-14)21-12-18-11-20-21/h2-9,11-12H,10H2,1H3,(H,19,22). The van der Waals surface area contributed by atoms with Gasteiger partial charge in [0.05, 0.1) is 12.8 Å². The summed E-state index contributed by atoms with van der Waals surface area (Å²) >= 11 is 0. The fourth-order valence-corrected chi connectivity index (χ4v) is 2.20. The summed E-state index contributed by atoms with van der Waals surface area (Å²) in [6.45, 7) is 0.434. The first-order valence-electron chi connectivity index (χ1n) is 7.12. The van der Waals surface area contributed by atoms with Gasteiger partial charge in [-0.25, -0.2) is 9.67 Å². The van der Waals surface area contributed by atoms with Gasteiger partial charge in [0.25, 0.3) is 5.91 Å². The SMILES string of the molecule is COc1cccc(CNC(=O)c2cccc(-n3cncn3)c2)c1. The average molecular weight is 308 g/mol. The summed E-state index contributed by atoms with van der Waals surface area (Å²) in [7, 11) is 1.62. The highest BCUT2D eigenvalue weighted by Gasteiger charge is 2.07. The predicted octanol–water partition coefficient (Wildman–Crippen LogP) is 2.21.